The highest BCUT2D eigenvalue weighted by Crippen LogP contribution is 2.69. The Hall–Kier alpha value is -1.80. The van der Waals surface area contributed by atoms with Gasteiger partial charge in [-0.15, -0.1) is 24.9 Å². The van der Waals surface area contributed by atoms with E-state index in [2.05, 4.69) is 20.1 Å². The molecule has 0 saturated carbocycles. The molecule has 3 unspecified atom stereocenters. The van der Waals surface area contributed by atoms with E-state index in [0.29, 0.717) is 13.2 Å². The maximum absolute atomic E-state index is 14.0. The van der Waals surface area contributed by atoms with Crippen molar-refractivity contribution in [3.8, 4) is 0 Å². The van der Waals surface area contributed by atoms with Gasteiger partial charge in [-0.2, -0.15) is 0 Å². The van der Waals surface area contributed by atoms with E-state index in [4.69, 9.17) is 4.74 Å². The second kappa shape index (κ2) is 10.9. The van der Waals surface area contributed by atoms with E-state index >= 15 is 0 Å². The standard InChI is InChI=1S/C26H40N2O5S/c1-7-9-10-11-13-33-25(32)20-19-14-17(5)26(34-19)21(20)23(30)28(18(6)15-29)22(26)24(31)27(12-8-2)16(3)4/h7-8,16-22,29H,1-2,9-15H2,3-6H3/t17?,18-,19+,20-,21+,22?,26?/m1/s1. The van der Waals surface area contributed by atoms with Crippen molar-refractivity contribution in [1.82, 2.24) is 9.80 Å². The Morgan fingerprint density at radius 1 is 1.29 bits per heavy atom. The smallest absolute Gasteiger partial charge is 0.310 e. The highest BCUT2D eigenvalue weighted by molar-refractivity contribution is 8.02. The third kappa shape index (κ3) is 4.32. The fourth-order valence-corrected chi connectivity index (χ4v) is 8.47. The number of allylic oxidation sites excluding steroid dienone is 1. The third-order valence-corrected chi connectivity index (χ3v) is 9.78. The van der Waals surface area contributed by atoms with Crippen molar-refractivity contribution in [2.45, 2.75) is 81.5 Å². The van der Waals surface area contributed by atoms with E-state index in [-0.39, 0.29) is 41.6 Å². The van der Waals surface area contributed by atoms with Crippen LogP contribution in [0.2, 0.25) is 0 Å². The van der Waals surface area contributed by atoms with Crippen LogP contribution in [0.5, 0.6) is 0 Å². The molecule has 3 heterocycles. The Morgan fingerprint density at radius 2 is 2.00 bits per heavy atom. The van der Waals surface area contributed by atoms with Crippen LogP contribution in [0.25, 0.3) is 0 Å². The molecule has 0 aliphatic carbocycles. The number of amides is 2. The Morgan fingerprint density at radius 3 is 2.59 bits per heavy atom. The second-order valence-electron chi connectivity index (χ2n) is 10.2. The number of fused-ring (bicyclic) bond motifs is 1. The molecule has 190 valence electrons. The van der Waals surface area contributed by atoms with E-state index < -0.39 is 28.7 Å². The molecule has 8 heteroatoms. The summed E-state index contributed by atoms with van der Waals surface area (Å²) in [5.41, 5.74) is 0. The number of carbonyl (C=O) groups is 3. The largest absolute Gasteiger partial charge is 0.465 e. The molecule has 7 atom stereocenters. The van der Waals surface area contributed by atoms with Crippen LogP contribution < -0.4 is 0 Å². The Bertz CT molecular complexity index is 817. The van der Waals surface area contributed by atoms with Crippen LogP contribution in [0.15, 0.2) is 25.3 Å². The van der Waals surface area contributed by atoms with E-state index in [9.17, 15) is 19.5 Å². The first-order valence-corrected chi connectivity index (χ1v) is 13.3. The molecule has 7 nitrogen and oxygen atoms in total. The number of hydrogen-bond donors (Lipinski definition) is 1. The lowest BCUT2D eigenvalue weighted by molar-refractivity contribution is -0.155. The Balaban J connectivity index is 1.96. The predicted molar refractivity (Wildman–Crippen MR) is 134 cm³/mol. The molecule has 3 saturated heterocycles. The molecule has 1 spiro atoms. The fraction of sp³-hybridized carbons (Fsp3) is 0.731. The second-order valence-corrected chi connectivity index (χ2v) is 11.7. The SMILES string of the molecule is C=CCCCCOC(=O)[C@@H]1[C@@H]2CC(C)C3(S2)C(C(=O)N(CC=C)C(C)C)N([C@H](C)CO)C(=O)[C@H]13. The summed E-state index contributed by atoms with van der Waals surface area (Å²) in [6.45, 7) is 15.7. The maximum Gasteiger partial charge on any atom is 0.310 e. The molecule has 3 rings (SSSR count). The van der Waals surface area contributed by atoms with Crippen LogP contribution >= 0.6 is 11.8 Å². The van der Waals surface area contributed by atoms with Gasteiger partial charge in [-0.3, -0.25) is 14.4 Å². The van der Waals surface area contributed by atoms with Gasteiger partial charge in [-0.05, 0) is 52.4 Å². The van der Waals surface area contributed by atoms with Gasteiger partial charge < -0.3 is 19.6 Å². The van der Waals surface area contributed by atoms with Gasteiger partial charge in [0.2, 0.25) is 11.8 Å². The molecule has 0 radical (unpaired) electrons. The number of hydrogen-bond acceptors (Lipinski definition) is 6. The molecule has 0 aromatic heterocycles. The summed E-state index contributed by atoms with van der Waals surface area (Å²) < 4.78 is 4.94. The van der Waals surface area contributed by atoms with Crippen molar-refractivity contribution in [3.63, 3.8) is 0 Å². The summed E-state index contributed by atoms with van der Waals surface area (Å²) in [4.78, 5) is 44.5. The zero-order valence-corrected chi connectivity index (χ0v) is 21.8. The van der Waals surface area contributed by atoms with Gasteiger partial charge >= 0.3 is 5.97 Å². The third-order valence-electron chi connectivity index (χ3n) is 7.71. The van der Waals surface area contributed by atoms with Crippen LogP contribution in [-0.2, 0) is 19.1 Å². The van der Waals surface area contributed by atoms with Crippen LogP contribution in [0.4, 0.5) is 0 Å². The van der Waals surface area contributed by atoms with E-state index in [1.807, 2.05) is 19.9 Å². The van der Waals surface area contributed by atoms with Crippen molar-refractivity contribution in [3.05, 3.63) is 25.3 Å². The van der Waals surface area contributed by atoms with Gasteiger partial charge in [0.15, 0.2) is 0 Å². The van der Waals surface area contributed by atoms with Gasteiger partial charge in [-0.25, -0.2) is 0 Å². The first kappa shape index (κ1) is 26.8. The Labute approximate surface area is 208 Å². The minimum atomic E-state index is -0.732. The zero-order valence-electron chi connectivity index (χ0n) is 20.9. The van der Waals surface area contributed by atoms with Crippen LogP contribution in [0, 0.1) is 17.8 Å². The predicted octanol–water partition coefficient (Wildman–Crippen LogP) is 3.03. The number of rotatable bonds is 12. The van der Waals surface area contributed by atoms with Crippen molar-refractivity contribution >= 4 is 29.5 Å². The fourth-order valence-electron chi connectivity index (χ4n) is 6.08. The van der Waals surface area contributed by atoms with E-state index in [1.165, 1.54) is 0 Å². The normalized spacial score (nSPS) is 32.6. The number of aliphatic hydroxyl groups excluding tert-OH is 1. The monoisotopic (exact) mass is 492 g/mol. The zero-order chi connectivity index (χ0) is 25.2. The van der Waals surface area contributed by atoms with Gasteiger partial charge in [-0.1, -0.05) is 19.1 Å². The van der Waals surface area contributed by atoms with Crippen LogP contribution in [-0.4, -0.2) is 80.6 Å². The minimum absolute atomic E-state index is 0.0431. The number of carbonyl (C=O) groups excluding carboxylic acids is 3. The van der Waals surface area contributed by atoms with Crippen LogP contribution in [0.1, 0.15) is 53.4 Å². The van der Waals surface area contributed by atoms with E-state index in [0.717, 1.165) is 25.7 Å². The first-order valence-electron chi connectivity index (χ1n) is 12.5. The molecule has 2 bridgehead atoms. The molecule has 0 aromatic rings. The molecule has 3 fully saturated rings. The molecule has 34 heavy (non-hydrogen) atoms. The van der Waals surface area contributed by atoms with Crippen LogP contribution in [0.3, 0.4) is 0 Å². The Kier molecular flexibility index (Phi) is 8.56. The molecule has 0 aromatic carbocycles. The molecule has 3 aliphatic rings. The summed E-state index contributed by atoms with van der Waals surface area (Å²) in [6.07, 6.45) is 6.82. The highest BCUT2D eigenvalue weighted by atomic mass is 32.2. The van der Waals surface area contributed by atoms with E-state index in [1.54, 1.807) is 34.6 Å². The van der Waals surface area contributed by atoms with Crippen molar-refractivity contribution < 1.29 is 24.2 Å². The van der Waals surface area contributed by atoms with Crippen molar-refractivity contribution in [1.29, 1.82) is 0 Å². The lowest BCUT2D eigenvalue weighted by atomic mass is 9.66. The lowest BCUT2D eigenvalue weighted by Gasteiger charge is -2.42. The summed E-state index contributed by atoms with van der Waals surface area (Å²) in [5, 5.41) is 9.94. The highest BCUT2D eigenvalue weighted by Gasteiger charge is 2.77. The van der Waals surface area contributed by atoms with Gasteiger partial charge in [0.05, 0.1) is 35.8 Å². The number of unbranched alkanes of at least 4 members (excludes halogenated alkanes) is 2. The summed E-state index contributed by atoms with van der Waals surface area (Å²) in [6, 6.07) is -1.33. The quantitative estimate of drug-likeness (QED) is 0.256. The first-order chi connectivity index (χ1) is 16.2. The average Bonchev–Trinajstić information content (AvgIpc) is 3.39. The number of aliphatic hydroxyl groups is 1. The average molecular weight is 493 g/mol. The minimum Gasteiger partial charge on any atom is -0.465 e. The number of likely N-dealkylation sites (tertiary alicyclic amines) is 1. The molecule has 1 N–H and O–H groups in total. The van der Waals surface area contributed by atoms with Gasteiger partial charge in [0.1, 0.15) is 6.04 Å². The summed E-state index contributed by atoms with van der Waals surface area (Å²) in [7, 11) is 0. The maximum atomic E-state index is 14.0. The molecule has 3 aliphatic heterocycles. The molecular formula is C26H40N2O5S. The molecular weight excluding hydrogens is 452 g/mol. The topological polar surface area (TPSA) is 87.2 Å². The summed E-state index contributed by atoms with van der Waals surface area (Å²) in [5.74, 6) is -1.78. The number of thioether (sulfide) groups is 1. The van der Waals surface area contributed by atoms with Gasteiger partial charge in [0, 0.05) is 17.8 Å². The lowest BCUT2D eigenvalue weighted by Crippen LogP contribution is -2.59. The number of ether oxygens (including phenoxy) is 1. The number of esters is 1. The number of nitrogens with zero attached hydrogens (tertiary/aromatic N) is 2. The van der Waals surface area contributed by atoms with Crippen molar-refractivity contribution in [2.75, 3.05) is 19.8 Å². The van der Waals surface area contributed by atoms with Crippen molar-refractivity contribution in [2.24, 2.45) is 17.8 Å². The molecule has 2 amide bonds. The van der Waals surface area contributed by atoms with Gasteiger partial charge in [0.25, 0.3) is 0 Å². The summed E-state index contributed by atoms with van der Waals surface area (Å²) >= 11 is 1.63.